The maximum absolute atomic E-state index is 10.6. The summed E-state index contributed by atoms with van der Waals surface area (Å²) in [6.07, 6.45) is 1.40. The van der Waals surface area contributed by atoms with E-state index in [4.69, 9.17) is 0 Å². The van der Waals surface area contributed by atoms with Gasteiger partial charge in [-0.3, -0.25) is 4.79 Å². The number of allylic oxidation sites excluding steroid dienone is 2. The van der Waals surface area contributed by atoms with Crippen LogP contribution in [0.15, 0.2) is 11.1 Å². The minimum atomic E-state index is 0.375. The van der Waals surface area contributed by atoms with Crippen molar-refractivity contribution in [1.29, 1.82) is 0 Å². The summed E-state index contributed by atoms with van der Waals surface area (Å²) in [5.74, 6) is 0.375. The lowest BCUT2D eigenvalue weighted by Crippen LogP contribution is -1.86. The van der Waals surface area contributed by atoms with Gasteiger partial charge in [-0.2, -0.15) is 0 Å². The van der Waals surface area contributed by atoms with E-state index in [2.05, 4.69) is 0 Å². The zero-order chi connectivity index (χ0) is 6.15. The molecular weight excluding hydrogens is 100 g/mol. The number of hydrogen-bond acceptors (Lipinski definition) is 1. The molecule has 0 heterocycles. The molecule has 1 nitrogen and oxygen atoms in total. The summed E-state index contributed by atoms with van der Waals surface area (Å²) < 4.78 is 0. The molecule has 0 aromatic rings. The van der Waals surface area contributed by atoms with Gasteiger partial charge in [-0.25, -0.2) is 0 Å². The van der Waals surface area contributed by atoms with Gasteiger partial charge in [0.15, 0.2) is 0 Å². The van der Waals surface area contributed by atoms with Gasteiger partial charge >= 0.3 is 0 Å². The Hall–Kier alpha value is -0.590. The van der Waals surface area contributed by atoms with Crippen LogP contribution in [-0.2, 0) is 4.79 Å². The van der Waals surface area contributed by atoms with Crippen molar-refractivity contribution in [2.24, 2.45) is 0 Å². The van der Waals surface area contributed by atoms with Crippen molar-refractivity contribution < 1.29 is 4.79 Å². The molecule has 44 valence electrons. The van der Waals surface area contributed by atoms with Gasteiger partial charge in [0, 0.05) is 12.8 Å². The second-order valence-electron chi connectivity index (χ2n) is 2.45. The third kappa shape index (κ3) is 0.808. The van der Waals surface area contributed by atoms with Gasteiger partial charge in [-0.15, -0.1) is 0 Å². The van der Waals surface area contributed by atoms with E-state index in [0.29, 0.717) is 18.6 Å². The molecular formula is C7H10O. The molecule has 0 saturated carbocycles. The molecule has 0 aromatic carbocycles. The zero-order valence-electron chi connectivity index (χ0n) is 5.32. The highest BCUT2D eigenvalue weighted by Crippen LogP contribution is 2.20. The summed E-state index contributed by atoms with van der Waals surface area (Å²) in [6, 6.07) is 0. The third-order valence-corrected chi connectivity index (χ3v) is 1.65. The normalized spacial score (nSPS) is 20.5. The number of carbonyl (C=O) groups excluding carboxylic acids is 1. The van der Waals surface area contributed by atoms with Crippen molar-refractivity contribution in [3.8, 4) is 0 Å². The van der Waals surface area contributed by atoms with Crippen LogP contribution < -0.4 is 0 Å². The summed E-state index contributed by atoms with van der Waals surface area (Å²) >= 11 is 0. The number of ketones is 1. The SMILES string of the molecule is CC1=C(C)CC(=O)C1. The second-order valence-corrected chi connectivity index (χ2v) is 2.45. The van der Waals surface area contributed by atoms with Crippen molar-refractivity contribution >= 4 is 5.78 Å². The maximum atomic E-state index is 10.6. The summed E-state index contributed by atoms with van der Waals surface area (Å²) in [4.78, 5) is 10.6. The molecule has 0 aromatic heterocycles. The molecule has 0 amide bonds. The molecule has 1 heteroatoms. The number of carbonyl (C=O) groups is 1. The Bertz CT molecular complexity index is 138. The molecule has 0 spiro atoms. The van der Waals surface area contributed by atoms with Crippen LogP contribution in [0.3, 0.4) is 0 Å². The molecule has 0 N–H and O–H groups in total. The fourth-order valence-electron chi connectivity index (χ4n) is 0.956. The minimum Gasteiger partial charge on any atom is -0.299 e. The first kappa shape index (κ1) is 5.54. The quantitative estimate of drug-likeness (QED) is 0.433. The highest BCUT2D eigenvalue weighted by Gasteiger charge is 2.13. The maximum Gasteiger partial charge on any atom is 0.140 e. The topological polar surface area (TPSA) is 17.1 Å². The fraction of sp³-hybridized carbons (Fsp3) is 0.571. The van der Waals surface area contributed by atoms with Gasteiger partial charge in [0.05, 0.1) is 0 Å². The Morgan fingerprint density at radius 1 is 1.12 bits per heavy atom. The molecule has 0 bridgehead atoms. The van der Waals surface area contributed by atoms with Crippen LogP contribution in [0.25, 0.3) is 0 Å². The highest BCUT2D eigenvalue weighted by molar-refractivity contribution is 5.86. The van der Waals surface area contributed by atoms with Crippen LogP contribution in [0.1, 0.15) is 26.7 Å². The van der Waals surface area contributed by atoms with E-state index < -0.39 is 0 Å². The Kier molecular flexibility index (Phi) is 1.20. The van der Waals surface area contributed by atoms with E-state index in [1.165, 1.54) is 11.1 Å². The molecule has 1 aliphatic rings. The van der Waals surface area contributed by atoms with Crippen LogP contribution in [0.2, 0.25) is 0 Å². The van der Waals surface area contributed by atoms with Crippen LogP contribution in [0, 0.1) is 0 Å². The molecule has 0 fully saturated rings. The van der Waals surface area contributed by atoms with E-state index >= 15 is 0 Å². The Morgan fingerprint density at radius 3 is 1.62 bits per heavy atom. The fourth-order valence-corrected chi connectivity index (χ4v) is 0.956. The third-order valence-electron chi connectivity index (χ3n) is 1.65. The first-order valence-electron chi connectivity index (χ1n) is 2.87. The Balaban J connectivity index is 2.73. The summed E-state index contributed by atoms with van der Waals surface area (Å²) in [5.41, 5.74) is 2.55. The van der Waals surface area contributed by atoms with Gasteiger partial charge in [-0.1, -0.05) is 11.1 Å². The Morgan fingerprint density at radius 2 is 1.50 bits per heavy atom. The average molecular weight is 110 g/mol. The molecule has 0 unspecified atom stereocenters. The van der Waals surface area contributed by atoms with Crippen LogP contribution in [0.4, 0.5) is 0 Å². The lowest BCUT2D eigenvalue weighted by Gasteiger charge is -1.86. The van der Waals surface area contributed by atoms with Crippen molar-refractivity contribution in [1.82, 2.24) is 0 Å². The van der Waals surface area contributed by atoms with Crippen molar-refractivity contribution in [3.05, 3.63) is 11.1 Å². The number of rotatable bonds is 0. The van der Waals surface area contributed by atoms with Gasteiger partial charge in [0.25, 0.3) is 0 Å². The standard InChI is InChI=1S/C7H10O/c1-5-3-7(8)4-6(5)2/h3-4H2,1-2H3. The summed E-state index contributed by atoms with van der Waals surface area (Å²) in [5, 5.41) is 0. The predicted octanol–water partition coefficient (Wildman–Crippen LogP) is 1.69. The van der Waals surface area contributed by atoms with Gasteiger partial charge in [0.1, 0.15) is 5.78 Å². The van der Waals surface area contributed by atoms with E-state index in [1.807, 2.05) is 13.8 Å². The smallest absolute Gasteiger partial charge is 0.140 e. The molecule has 8 heavy (non-hydrogen) atoms. The van der Waals surface area contributed by atoms with E-state index in [-0.39, 0.29) is 0 Å². The van der Waals surface area contributed by atoms with Gasteiger partial charge < -0.3 is 0 Å². The van der Waals surface area contributed by atoms with Crippen LogP contribution in [-0.4, -0.2) is 5.78 Å². The lowest BCUT2D eigenvalue weighted by molar-refractivity contribution is -0.117. The van der Waals surface area contributed by atoms with Gasteiger partial charge in [-0.05, 0) is 13.8 Å². The first-order chi connectivity index (χ1) is 3.70. The average Bonchev–Trinajstić information content (AvgIpc) is 1.85. The largest absolute Gasteiger partial charge is 0.299 e. The zero-order valence-corrected chi connectivity index (χ0v) is 5.32. The summed E-state index contributed by atoms with van der Waals surface area (Å²) in [7, 11) is 0. The number of hydrogen-bond donors (Lipinski definition) is 0. The highest BCUT2D eigenvalue weighted by atomic mass is 16.1. The predicted molar refractivity (Wildman–Crippen MR) is 32.6 cm³/mol. The van der Waals surface area contributed by atoms with E-state index in [1.54, 1.807) is 0 Å². The van der Waals surface area contributed by atoms with E-state index in [0.717, 1.165) is 0 Å². The molecule has 0 atom stereocenters. The number of Topliss-reactive ketones (excluding diaryl/α,β-unsaturated/α-hetero) is 1. The molecule has 0 radical (unpaired) electrons. The van der Waals surface area contributed by atoms with Gasteiger partial charge in [0.2, 0.25) is 0 Å². The molecule has 1 rings (SSSR count). The molecule has 0 aliphatic heterocycles. The molecule has 0 saturated heterocycles. The monoisotopic (exact) mass is 110 g/mol. The minimum absolute atomic E-state index is 0.375. The van der Waals surface area contributed by atoms with Crippen LogP contribution >= 0.6 is 0 Å². The molecule has 1 aliphatic carbocycles. The van der Waals surface area contributed by atoms with Crippen molar-refractivity contribution in [2.75, 3.05) is 0 Å². The Labute approximate surface area is 49.4 Å². The van der Waals surface area contributed by atoms with Crippen molar-refractivity contribution in [2.45, 2.75) is 26.7 Å². The first-order valence-corrected chi connectivity index (χ1v) is 2.87. The van der Waals surface area contributed by atoms with Crippen LogP contribution in [0.5, 0.6) is 0 Å². The van der Waals surface area contributed by atoms with E-state index in [9.17, 15) is 4.79 Å². The second kappa shape index (κ2) is 1.73. The summed E-state index contributed by atoms with van der Waals surface area (Å²) in [6.45, 7) is 4.06. The lowest BCUT2D eigenvalue weighted by atomic mass is 10.2. The van der Waals surface area contributed by atoms with Crippen molar-refractivity contribution in [3.63, 3.8) is 0 Å².